The number of carbonyl (C=O) groups is 1. The van der Waals surface area contributed by atoms with E-state index in [-0.39, 0.29) is 11.7 Å². The molecule has 3 nitrogen and oxygen atoms in total. The first-order chi connectivity index (χ1) is 9.24. The molecule has 1 fully saturated rings. The predicted molar refractivity (Wildman–Crippen MR) is 71.0 cm³/mol. The third-order valence-electron chi connectivity index (χ3n) is 3.52. The summed E-state index contributed by atoms with van der Waals surface area (Å²) in [6.07, 6.45) is 3.61. The van der Waals surface area contributed by atoms with Crippen molar-refractivity contribution in [1.82, 2.24) is 5.32 Å². The Morgan fingerprint density at radius 3 is 2.63 bits per heavy atom. The number of halogens is 1. The van der Waals surface area contributed by atoms with Crippen molar-refractivity contribution >= 4 is 5.91 Å². The number of hydrogen-bond donors (Lipinski definition) is 1. The van der Waals surface area contributed by atoms with Crippen LogP contribution in [0.1, 0.15) is 31.2 Å². The third kappa shape index (κ3) is 4.99. The molecule has 1 saturated heterocycles. The van der Waals surface area contributed by atoms with E-state index in [1.54, 1.807) is 12.1 Å². The molecule has 0 bridgehead atoms. The van der Waals surface area contributed by atoms with Crippen molar-refractivity contribution in [3.63, 3.8) is 0 Å². The summed E-state index contributed by atoms with van der Waals surface area (Å²) in [5.74, 6) is 0.427. The molecule has 1 amide bonds. The van der Waals surface area contributed by atoms with E-state index in [1.165, 1.54) is 12.1 Å². The number of hydrogen-bond acceptors (Lipinski definition) is 2. The van der Waals surface area contributed by atoms with Crippen LogP contribution in [0, 0.1) is 11.7 Å². The number of amides is 1. The fourth-order valence-corrected chi connectivity index (χ4v) is 2.26. The van der Waals surface area contributed by atoms with E-state index in [0.29, 0.717) is 18.9 Å². The minimum atomic E-state index is -0.255. The van der Waals surface area contributed by atoms with E-state index in [0.717, 1.165) is 38.0 Å². The van der Waals surface area contributed by atoms with E-state index in [4.69, 9.17) is 4.74 Å². The van der Waals surface area contributed by atoms with Gasteiger partial charge < -0.3 is 10.1 Å². The highest BCUT2D eigenvalue weighted by molar-refractivity contribution is 5.75. The summed E-state index contributed by atoms with van der Waals surface area (Å²) in [5, 5.41) is 2.87. The van der Waals surface area contributed by atoms with Crippen LogP contribution in [-0.2, 0) is 16.1 Å². The monoisotopic (exact) mass is 265 g/mol. The zero-order valence-corrected chi connectivity index (χ0v) is 11.0. The lowest BCUT2D eigenvalue weighted by Gasteiger charge is -2.21. The van der Waals surface area contributed by atoms with Gasteiger partial charge in [-0.05, 0) is 42.9 Å². The Bertz CT molecular complexity index is 399. The van der Waals surface area contributed by atoms with E-state index in [1.807, 2.05) is 0 Å². The summed E-state index contributed by atoms with van der Waals surface area (Å²) < 4.78 is 18.0. The zero-order chi connectivity index (χ0) is 13.5. The van der Waals surface area contributed by atoms with Crippen molar-refractivity contribution < 1.29 is 13.9 Å². The van der Waals surface area contributed by atoms with Crippen molar-refractivity contribution in [3.8, 4) is 0 Å². The summed E-state index contributed by atoms with van der Waals surface area (Å²) >= 11 is 0. The molecule has 0 saturated carbocycles. The fourth-order valence-electron chi connectivity index (χ4n) is 2.26. The lowest BCUT2D eigenvalue weighted by molar-refractivity contribution is -0.121. The lowest BCUT2D eigenvalue weighted by Crippen LogP contribution is -2.24. The molecular weight excluding hydrogens is 245 g/mol. The highest BCUT2D eigenvalue weighted by Crippen LogP contribution is 2.19. The molecule has 1 aliphatic heterocycles. The quantitative estimate of drug-likeness (QED) is 0.889. The SMILES string of the molecule is O=C(CCC1CCOCC1)NCc1ccc(F)cc1. The van der Waals surface area contributed by atoms with Gasteiger partial charge in [0.25, 0.3) is 0 Å². The zero-order valence-electron chi connectivity index (χ0n) is 11.0. The number of carbonyl (C=O) groups excluding carboxylic acids is 1. The summed E-state index contributed by atoms with van der Waals surface area (Å²) in [6.45, 7) is 2.11. The minimum absolute atomic E-state index is 0.0656. The Morgan fingerprint density at radius 1 is 1.26 bits per heavy atom. The number of rotatable bonds is 5. The van der Waals surface area contributed by atoms with Gasteiger partial charge in [-0.15, -0.1) is 0 Å². The van der Waals surface area contributed by atoms with Crippen LogP contribution in [0.25, 0.3) is 0 Å². The van der Waals surface area contributed by atoms with Crippen LogP contribution in [0.2, 0.25) is 0 Å². The second-order valence-corrected chi connectivity index (χ2v) is 5.00. The van der Waals surface area contributed by atoms with Gasteiger partial charge in [0.05, 0.1) is 0 Å². The largest absolute Gasteiger partial charge is 0.381 e. The molecule has 1 N–H and O–H groups in total. The average Bonchev–Trinajstić information content (AvgIpc) is 2.45. The molecule has 1 aromatic carbocycles. The molecule has 0 aliphatic carbocycles. The van der Waals surface area contributed by atoms with Crippen molar-refractivity contribution in [2.75, 3.05) is 13.2 Å². The van der Waals surface area contributed by atoms with Crippen molar-refractivity contribution in [1.29, 1.82) is 0 Å². The molecular formula is C15H20FNO2. The molecule has 0 spiro atoms. The van der Waals surface area contributed by atoms with Gasteiger partial charge in [0.15, 0.2) is 0 Å². The fraction of sp³-hybridized carbons (Fsp3) is 0.533. The number of ether oxygens (including phenoxy) is 1. The molecule has 1 aromatic rings. The normalized spacial score (nSPS) is 16.3. The number of benzene rings is 1. The van der Waals surface area contributed by atoms with Gasteiger partial charge in [0.1, 0.15) is 5.82 Å². The Hall–Kier alpha value is -1.42. The molecule has 1 heterocycles. The molecule has 0 aromatic heterocycles. The van der Waals surface area contributed by atoms with E-state index < -0.39 is 0 Å². The Morgan fingerprint density at radius 2 is 1.95 bits per heavy atom. The average molecular weight is 265 g/mol. The van der Waals surface area contributed by atoms with Gasteiger partial charge in [-0.3, -0.25) is 4.79 Å². The first-order valence-corrected chi connectivity index (χ1v) is 6.83. The standard InChI is InChI=1S/C15H20FNO2/c16-14-4-1-13(2-5-14)11-17-15(18)6-3-12-7-9-19-10-8-12/h1-2,4-5,12H,3,6-11H2,(H,17,18). The van der Waals surface area contributed by atoms with Crippen LogP contribution in [-0.4, -0.2) is 19.1 Å². The van der Waals surface area contributed by atoms with E-state index in [9.17, 15) is 9.18 Å². The predicted octanol–water partition coefficient (Wildman–Crippen LogP) is 2.65. The first-order valence-electron chi connectivity index (χ1n) is 6.83. The summed E-state index contributed by atoms with van der Waals surface area (Å²) in [6, 6.07) is 6.19. The molecule has 0 atom stereocenters. The Labute approximate surface area is 113 Å². The topological polar surface area (TPSA) is 38.3 Å². The highest BCUT2D eigenvalue weighted by atomic mass is 19.1. The molecule has 1 aliphatic rings. The molecule has 4 heteroatoms. The van der Waals surface area contributed by atoms with Crippen LogP contribution in [0.3, 0.4) is 0 Å². The van der Waals surface area contributed by atoms with Crippen molar-refractivity contribution in [2.45, 2.75) is 32.2 Å². The Balaban J connectivity index is 1.65. The van der Waals surface area contributed by atoms with Gasteiger partial charge >= 0.3 is 0 Å². The van der Waals surface area contributed by atoms with Crippen LogP contribution in [0.15, 0.2) is 24.3 Å². The summed E-state index contributed by atoms with van der Waals surface area (Å²) in [7, 11) is 0. The molecule has 0 radical (unpaired) electrons. The van der Waals surface area contributed by atoms with Crippen molar-refractivity contribution in [2.24, 2.45) is 5.92 Å². The summed E-state index contributed by atoms with van der Waals surface area (Å²) in [4.78, 5) is 11.7. The summed E-state index contributed by atoms with van der Waals surface area (Å²) in [5.41, 5.74) is 0.917. The Kier molecular flexibility index (Phi) is 5.33. The van der Waals surface area contributed by atoms with Crippen LogP contribution >= 0.6 is 0 Å². The molecule has 2 rings (SSSR count). The van der Waals surface area contributed by atoms with E-state index >= 15 is 0 Å². The van der Waals surface area contributed by atoms with Gasteiger partial charge in [-0.25, -0.2) is 4.39 Å². The lowest BCUT2D eigenvalue weighted by atomic mass is 9.95. The van der Waals surface area contributed by atoms with Crippen LogP contribution in [0.4, 0.5) is 4.39 Å². The van der Waals surface area contributed by atoms with Gasteiger partial charge in [-0.2, -0.15) is 0 Å². The highest BCUT2D eigenvalue weighted by Gasteiger charge is 2.14. The first kappa shape index (κ1) is 14.0. The van der Waals surface area contributed by atoms with Gasteiger partial charge in [0.2, 0.25) is 5.91 Å². The molecule has 104 valence electrons. The van der Waals surface area contributed by atoms with Crippen LogP contribution < -0.4 is 5.32 Å². The molecule has 0 unspecified atom stereocenters. The van der Waals surface area contributed by atoms with Crippen LogP contribution in [0.5, 0.6) is 0 Å². The third-order valence-corrected chi connectivity index (χ3v) is 3.52. The van der Waals surface area contributed by atoms with Crippen molar-refractivity contribution in [3.05, 3.63) is 35.6 Å². The smallest absolute Gasteiger partial charge is 0.220 e. The second-order valence-electron chi connectivity index (χ2n) is 5.00. The van der Waals surface area contributed by atoms with E-state index in [2.05, 4.69) is 5.32 Å². The van der Waals surface area contributed by atoms with Gasteiger partial charge in [0, 0.05) is 26.2 Å². The maximum Gasteiger partial charge on any atom is 0.220 e. The minimum Gasteiger partial charge on any atom is -0.381 e. The second kappa shape index (κ2) is 7.24. The number of nitrogens with one attached hydrogen (secondary N) is 1. The molecule has 19 heavy (non-hydrogen) atoms. The maximum atomic E-state index is 12.7. The van der Waals surface area contributed by atoms with Gasteiger partial charge in [-0.1, -0.05) is 12.1 Å². The maximum absolute atomic E-state index is 12.7.